The van der Waals surface area contributed by atoms with Gasteiger partial charge in [0.1, 0.15) is 0 Å². The maximum absolute atomic E-state index is 11.5. The Labute approximate surface area is 110 Å². The Morgan fingerprint density at radius 1 is 1.35 bits per heavy atom. The molecule has 0 radical (unpaired) electrons. The lowest BCUT2D eigenvalue weighted by molar-refractivity contribution is -0.115. The number of anilines is 1. The molecule has 0 spiro atoms. The third-order valence-corrected chi connectivity index (χ3v) is 2.62. The highest BCUT2D eigenvalue weighted by Crippen LogP contribution is 2.13. The molecule has 1 aromatic rings. The average Bonchev–Trinajstić information content (AvgIpc) is 2.32. The van der Waals surface area contributed by atoms with E-state index in [9.17, 15) is 4.79 Å². The van der Waals surface area contributed by atoms with E-state index in [1.807, 2.05) is 24.3 Å². The summed E-state index contributed by atoms with van der Waals surface area (Å²) >= 11 is 3.34. The number of hydrogen-bond donors (Lipinski definition) is 2. The second kappa shape index (κ2) is 7.88. The lowest BCUT2D eigenvalue weighted by Gasteiger charge is -2.06. The summed E-state index contributed by atoms with van der Waals surface area (Å²) in [5.74, 6) is 2.51. The van der Waals surface area contributed by atoms with Crippen LogP contribution in [0.2, 0.25) is 0 Å². The van der Waals surface area contributed by atoms with Gasteiger partial charge >= 0.3 is 0 Å². The second-order valence-electron chi connectivity index (χ2n) is 3.54. The molecule has 0 unspecified atom stereocenters. The highest BCUT2D eigenvalue weighted by Gasteiger charge is 2.00. The zero-order chi connectivity index (χ0) is 12.5. The molecule has 1 amide bonds. The van der Waals surface area contributed by atoms with Crippen LogP contribution in [-0.4, -0.2) is 19.0 Å². The molecule has 0 fully saturated rings. The highest BCUT2D eigenvalue weighted by molar-refractivity contribution is 9.10. The molecule has 0 aromatic heterocycles. The molecule has 90 valence electrons. The number of rotatable bonds is 6. The monoisotopic (exact) mass is 294 g/mol. The molecule has 0 aliphatic rings. The topological polar surface area (TPSA) is 41.1 Å². The van der Waals surface area contributed by atoms with Gasteiger partial charge in [0.2, 0.25) is 5.91 Å². The van der Waals surface area contributed by atoms with Crippen molar-refractivity contribution in [1.29, 1.82) is 0 Å². The minimum atomic E-state index is -0.0481. The molecule has 0 saturated heterocycles. The number of benzene rings is 1. The third kappa shape index (κ3) is 6.10. The summed E-state index contributed by atoms with van der Waals surface area (Å²) in [5, 5.41) is 5.83. The molecule has 0 saturated carbocycles. The van der Waals surface area contributed by atoms with Crippen LogP contribution in [0.1, 0.15) is 12.8 Å². The van der Waals surface area contributed by atoms with E-state index >= 15 is 0 Å². The summed E-state index contributed by atoms with van der Waals surface area (Å²) in [4.78, 5) is 11.5. The van der Waals surface area contributed by atoms with Gasteiger partial charge in [0.25, 0.3) is 0 Å². The van der Waals surface area contributed by atoms with Gasteiger partial charge in [0, 0.05) is 16.6 Å². The predicted molar refractivity (Wildman–Crippen MR) is 73.7 cm³/mol. The first kappa shape index (κ1) is 13.8. The molecule has 0 atom stereocenters. The van der Waals surface area contributed by atoms with E-state index < -0.39 is 0 Å². The predicted octanol–water partition coefficient (Wildman–Crippen LogP) is 2.39. The minimum Gasteiger partial charge on any atom is -0.325 e. The number of unbranched alkanes of at least 4 members (excludes halogenated alkanes) is 1. The summed E-state index contributed by atoms with van der Waals surface area (Å²) < 4.78 is 0.989. The van der Waals surface area contributed by atoms with Crippen LogP contribution >= 0.6 is 15.9 Å². The second-order valence-corrected chi connectivity index (χ2v) is 4.46. The van der Waals surface area contributed by atoms with Crippen molar-refractivity contribution in [2.24, 2.45) is 0 Å². The largest absolute Gasteiger partial charge is 0.325 e. The van der Waals surface area contributed by atoms with Crippen molar-refractivity contribution in [2.45, 2.75) is 12.8 Å². The molecule has 2 N–H and O–H groups in total. The number of carbonyl (C=O) groups excluding carboxylic acids is 1. The Bertz CT molecular complexity index is 395. The number of hydrogen-bond acceptors (Lipinski definition) is 2. The summed E-state index contributed by atoms with van der Waals surface area (Å²) in [7, 11) is 0. The highest BCUT2D eigenvalue weighted by atomic mass is 79.9. The van der Waals surface area contributed by atoms with Crippen molar-refractivity contribution in [3.8, 4) is 12.3 Å². The van der Waals surface area contributed by atoms with Crippen molar-refractivity contribution in [3.05, 3.63) is 28.7 Å². The fourth-order valence-electron chi connectivity index (χ4n) is 1.26. The van der Waals surface area contributed by atoms with E-state index in [4.69, 9.17) is 6.42 Å². The molecular formula is C13H15BrN2O. The minimum absolute atomic E-state index is 0.0481. The zero-order valence-corrected chi connectivity index (χ0v) is 11.1. The van der Waals surface area contributed by atoms with E-state index in [-0.39, 0.29) is 5.91 Å². The Morgan fingerprint density at radius 2 is 2.06 bits per heavy atom. The molecule has 0 aliphatic heterocycles. The van der Waals surface area contributed by atoms with Crippen LogP contribution in [0.25, 0.3) is 0 Å². The van der Waals surface area contributed by atoms with Gasteiger partial charge in [-0.05, 0) is 37.2 Å². The Kier molecular flexibility index (Phi) is 6.38. The van der Waals surface area contributed by atoms with Gasteiger partial charge in [0.15, 0.2) is 0 Å². The van der Waals surface area contributed by atoms with Gasteiger partial charge in [-0.3, -0.25) is 4.79 Å². The maximum Gasteiger partial charge on any atom is 0.238 e. The van der Waals surface area contributed by atoms with E-state index in [1.54, 1.807) is 0 Å². The SMILES string of the molecule is C#CCCCNCC(=O)Nc1ccc(Br)cc1. The van der Waals surface area contributed by atoms with Gasteiger partial charge < -0.3 is 10.6 Å². The normalized spacial score (nSPS) is 9.65. The molecule has 17 heavy (non-hydrogen) atoms. The van der Waals surface area contributed by atoms with E-state index in [0.717, 1.165) is 29.5 Å². The van der Waals surface area contributed by atoms with Crippen molar-refractivity contribution >= 4 is 27.5 Å². The summed E-state index contributed by atoms with van der Waals surface area (Å²) in [6.45, 7) is 1.07. The summed E-state index contributed by atoms with van der Waals surface area (Å²) in [6.07, 6.45) is 6.75. The lowest BCUT2D eigenvalue weighted by Crippen LogP contribution is -2.28. The van der Waals surface area contributed by atoms with Gasteiger partial charge in [0.05, 0.1) is 6.54 Å². The smallest absolute Gasteiger partial charge is 0.238 e. The first-order chi connectivity index (χ1) is 8.22. The Morgan fingerprint density at radius 3 is 2.71 bits per heavy atom. The van der Waals surface area contributed by atoms with Crippen molar-refractivity contribution < 1.29 is 4.79 Å². The average molecular weight is 295 g/mol. The standard InChI is InChI=1S/C13H15BrN2O/c1-2-3-4-9-15-10-13(17)16-12-7-5-11(14)6-8-12/h1,5-8,15H,3-4,9-10H2,(H,16,17). The van der Waals surface area contributed by atoms with Crippen molar-refractivity contribution in [3.63, 3.8) is 0 Å². The maximum atomic E-state index is 11.5. The molecular weight excluding hydrogens is 280 g/mol. The molecule has 0 aliphatic carbocycles. The molecule has 1 rings (SSSR count). The van der Waals surface area contributed by atoms with Crippen LogP contribution in [0.4, 0.5) is 5.69 Å². The van der Waals surface area contributed by atoms with Gasteiger partial charge in [-0.15, -0.1) is 12.3 Å². The summed E-state index contributed by atoms with van der Waals surface area (Å²) in [6, 6.07) is 7.46. The number of halogens is 1. The number of nitrogens with one attached hydrogen (secondary N) is 2. The van der Waals surface area contributed by atoms with Crippen LogP contribution in [0, 0.1) is 12.3 Å². The molecule has 1 aromatic carbocycles. The Balaban J connectivity index is 2.21. The number of amides is 1. The summed E-state index contributed by atoms with van der Waals surface area (Å²) in [5.41, 5.74) is 0.795. The molecule has 0 heterocycles. The van der Waals surface area contributed by atoms with Crippen LogP contribution in [0.3, 0.4) is 0 Å². The first-order valence-electron chi connectivity index (χ1n) is 5.42. The number of terminal acetylenes is 1. The van der Waals surface area contributed by atoms with Crippen LogP contribution in [0.5, 0.6) is 0 Å². The number of carbonyl (C=O) groups is 1. The molecule has 4 heteroatoms. The van der Waals surface area contributed by atoms with Crippen molar-refractivity contribution in [2.75, 3.05) is 18.4 Å². The van der Waals surface area contributed by atoms with Crippen LogP contribution < -0.4 is 10.6 Å². The molecule has 3 nitrogen and oxygen atoms in total. The van der Waals surface area contributed by atoms with Crippen LogP contribution in [0.15, 0.2) is 28.7 Å². The fraction of sp³-hybridized carbons (Fsp3) is 0.308. The van der Waals surface area contributed by atoms with Gasteiger partial charge in [-0.2, -0.15) is 0 Å². The lowest BCUT2D eigenvalue weighted by atomic mass is 10.3. The third-order valence-electron chi connectivity index (χ3n) is 2.09. The van der Waals surface area contributed by atoms with Crippen LogP contribution in [-0.2, 0) is 4.79 Å². The molecule has 0 bridgehead atoms. The van der Waals surface area contributed by atoms with Crippen molar-refractivity contribution in [1.82, 2.24) is 5.32 Å². The van der Waals surface area contributed by atoms with E-state index in [0.29, 0.717) is 6.54 Å². The van der Waals surface area contributed by atoms with E-state index in [2.05, 4.69) is 32.5 Å². The van der Waals surface area contributed by atoms with Gasteiger partial charge in [-0.25, -0.2) is 0 Å². The van der Waals surface area contributed by atoms with Gasteiger partial charge in [-0.1, -0.05) is 15.9 Å². The zero-order valence-electron chi connectivity index (χ0n) is 9.50. The first-order valence-corrected chi connectivity index (χ1v) is 6.21. The Hall–Kier alpha value is -1.31. The quantitative estimate of drug-likeness (QED) is 0.625. The van der Waals surface area contributed by atoms with E-state index in [1.165, 1.54) is 0 Å². The fourth-order valence-corrected chi connectivity index (χ4v) is 1.52.